The first-order valence-electron chi connectivity index (χ1n) is 7.96. The van der Waals surface area contributed by atoms with E-state index < -0.39 is 5.82 Å². The van der Waals surface area contributed by atoms with Gasteiger partial charge < -0.3 is 9.80 Å². The Morgan fingerprint density at radius 3 is 2.32 bits per heavy atom. The Labute approximate surface area is 156 Å². The Morgan fingerprint density at radius 1 is 1.00 bits per heavy atom. The van der Waals surface area contributed by atoms with Gasteiger partial charge in [-0.05, 0) is 42.5 Å². The number of nitrogens with zero attached hydrogens (tertiary/aromatic N) is 2. The molecule has 1 heterocycles. The van der Waals surface area contributed by atoms with Crippen molar-refractivity contribution in [2.75, 3.05) is 31.1 Å². The standard InChI is InChI=1S/C19H17Cl2FN2O/c20-14-4-6-15(7-5-14)23-10-12-24(13-11-23)19(25)9-8-16-17(21)2-1-3-18(16)22/h1-9H,10-13H2. The predicted molar refractivity (Wildman–Crippen MR) is 101 cm³/mol. The molecule has 2 aromatic rings. The summed E-state index contributed by atoms with van der Waals surface area (Å²) >= 11 is 11.9. The summed E-state index contributed by atoms with van der Waals surface area (Å²) in [5.74, 6) is -0.584. The molecule has 3 rings (SSSR count). The van der Waals surface area contributed by atoms with Crippen LogP contribution in [0, 0.1) is 5.82 Å². The lowest BCUT2D eigenvalue weighted by Gasteiger charge is -2.35. The van der Waals surface area contributed by atoms with Crippen molar-refractivity contribution >= 4 is 40.9 Å². The molecule has 0 unspecified atom stereocenters. The van der Waals surface area contributed by atoms with E-state index in [9.17, 15) is 9.18 Å². The van der Waals surface area contributed by atoms with Crippen molar-refractivity contribution in [2.45, 2.75) is 0 Å². The molecular weight excluding hydrogens is 362 g/mol. The lowest BCUT2D eigenvalue weighted by atomic mass is 10.2. The van der Waals surface area contributed by atoms with Gasteiger partial charge in [0.15, 0.2) is 0 Å². The van der Waals surface area contributed by atoms with Crippen molar-refractivity contribution in [1.82, 2.24) is 4.90 Å². The molecule has 130 valence electrons. The molecule has 25 heavy (non-hydrogen) atoms. The number of hydrogen-bond donors (Lipinski definition) is 0. The van der Waals surface area contributed by atoms with Crippen LogP contribution in [0.1, 0.15) is 5.56 Å². The van der Waals surface area contributed by atoms with Crippen LogP contribution in [0.3, 0.4) is 0 Å². The van der Waals surface area contributed by atoms with Crippen LogP contribution in [0.5, 0.6) is 0 Å². The molecule has 0 N–H and O–H groups in total. The highest BCUT2D eigenvalue weighted by molar-refractivity contribution is 6.32. The molecule has 2 aromatic carbocycles. The molecule has 0 saturated carbocycles. The van der Waals surface area contributed by atoms with Gasteiger partial charge in [-0.25, -0.2) is 4.39 Å². The molecule has 3 nitrogen and oxygen atoms in total. The summed E-state index contributed by atoms with van der Waals surface area (Å²) in [6, 6.07) is 12.1. The van der Waals surface area contributed by atoms with Gasteiger partial charge in [0.25, 0.3) is 0 Å². The van der Waals surface area contributed by atoms with Gasteiger partial charge in [0.05, 0.1) is 5.02 Å². The lowest BCUT2D eigenvalue weighted by molar-refractivity contribution is -0.126. The Balaban J connectivity index is 1.60. The van der Waals surface area contributed by atoms with Gasteiger partial charge >= 0.3 is 0 Å². The second-order valence-electron chi connectivity index (χ2n) is 5.76. The van der Waals surface area contributed by atoms with Crippen LogP contribution in [-0.4, -0.2) is 37.0 Å². The molecule has 0 atom stereocenters. The Morgan fingerprint density at radius 2 is 1.68 bits per heavy atom. The van der Waals surface area contributed by atoms with Crippen molar-refractivity contribution in [1.29, 1.82) is 0 Å². The highest BCUT2D eigenvalue weighted by atomic mass is 35.5. The minimum atomic E-state index is -0.441. The smallest absolute Gasteiger partial charge is 0.246 e. The number of rotatable bonds is 3. The van der Waals surface area contributed by atoms with Gasteiger partial charge in [-0.3, -0.25) is 4.79 Å². The van der Waals surface area contributed by atoms with E-state index in [2.05, 4.69) is 4.90 Å². The summed E-state index contributed by atoms with van der Waals surface area (Å²) < 4.78 is 13.7. The highest BCUT2D eigenvalue weighted by Gasteiger charge is 2.20. The quantitative estimate of drug-likeness (QED) is 0.734. The third kappa shape index (κ3) is 4.33. The molecule has 0 bridgehead atoms. The first kappa shape index (κ1) is 17.8. The van der Waals surface area contributed by atoms with Crippen molar-refractivity contribution in [2.24, 2.45) is 0 Å². The van der Waals surface area contributed by atoms with Crippen LogP contribution in [0.15, 0.2) is 48.5 Å². The second kappa shape index (κ2) is 7.89. The summed E-state index contributed by atoms with van der Waals surface area (Å²) in [5.41, 5.74) is 1.32. The van der Waals surface area contributed by atoms with Gasteiger partial charge in [0, 0.05) is 48.5 Å². The normalized spacial score (nSPS) is 15.0. The SMILES string of the molecule is O=C(C=Cc1c(F)cccc1Cl)N1CCN(c2ccc(Cl)cc2)CC1. The molecule has 1 aliphatic rings. The van der Waals surface area contributed by atoms with E-state index in [0.29, 0.717) is 18.1 Å². The van der Waals surface area contributed by atoms with Crippen molar-refractivity contribution in [3.8, 4) is 0 Å². The maximum Gasteiger partial charge on any atom is 0.246 e. The molecule has 0 radical (unpaired) electrons. The van der Waals surface area contributed by atoms with E-state index >= 15 is 0 Å². The van der Waals surface area contributed by atoms with Crippen LogP contribution >= 0.6 is 23.2 Å². The number of anilines is 1. The molecule has 1 aliphatic heterocycles. The third-order valence-electron chi connectivity index (χ3n) is 4.18. The van der Waals surface area contributed by atoms with Crippen LogP contribution in [0.4, 0.5) is 10.1 Å². The molecular formula is C19H17Cl2FN2O. The number of amides is 1. The average Bonchev–Trinajstić information content (AvgIpc) is 2.62. The van der Waals surface area contributed by atoms with Crippen molar-refractivity contribution in [3.05, 3.63) is 70.0 Å². The van der Waals surface area contributed by atoms with Crippen LogP contribution in [0.2, 0.25) is 10.0 Å². The maximum absolute atomic E-state index is 13.7. The lowest BCUT2D eigenvalue weighted by Crippen LogP contribution is -2.48. The minimum absolute atomic E-state index is 0.143. The Kier molecular flexibility index (Phi) is 5.61. The summed E-state index contributed by atoms with van der Waals surface area (Å²) in [5, 5.41) is 0.992. The van der Waals surface area contributed by atoms with E-state index in [-0.39, 0.29) is 16.5 Å². The fraction of sp³-hybridized carbons (Fsp3) is 0.211. The van der Waals surface area contributed by atoms with Crippen molar-refractivity contribution in [3.63, 3.8) is 0 Å². The number of benzene rings is 2. The topological polar surface area (TPSA) is 23.6 Å². The minimum Gasteiger partial charge on any atom is -0.368 e. The molecule has 0 aromatic heterocycles. The largest absolute Gasteiger partial charge is 0.368 e. The molecule has 6 heteroatoms. The fourth-order valence-corrected chi connectivity index (χ4v) is 3.12. The van der Waals surface area contributed by atoms with Gasteiger partial charge in [0.1, 0.15) is 5.82 Å². The van der Waals surface area contributed by atoms with Gasteiger partial charge in [-0.1, -0.05) is 29.3 Å². The van der Waals surface area contributed by atoms with E-state index in [0.717, 1.165) is 18.8 Å². The van der Waals surface area contributed by atoms with Crippen LogP contribution in [0.25, 0.3) is 6.08 Å². The first-order chi connectivity index (χ1) is 12.0. The summed E-state index contributed by atoms with van der Waals surface area (Å²) in [4.78, 5) is 16.3. The zero-order valence-corrected chi connectivity index (χ0v) is 15.0. The maximum atomic E-state index is 13.7. The summed E-state index contributed by atoms with van der Waals surface area (Å²) in [6.45, 7) is 2.69. The average molecular weight is 379 g/mol. The molecule has 0 spiro atoms. The number of piperazine rings is 1. The van der Waals surface area contributed by atoms with E-state index in [1.165, 1.54) is 24.3 Å². The van der Waals surface area contributed by atoms with Gasteiger partial charge in [0.2, 0.25) is 5.91 Å². The summed E-state index contributed by atoms with van der Waals surface area (Å²) in [7, 11) is 0. The molecule has 1 fully saturated rings. The first-order valence-corrected chi connectivity index (χ1v) is 8.72. The Bertz CT molecular complexity index is 764. The van der Waals surface area contributed by atoms with Crippen LogP contribution in [-0.2, 0) is 4.79 Å². The monoisotopic (exact) mass is 378 g/mol. The number of carbonyl (C=O) groups is 1. The summed E-state index contributed by atoms with van der Waals surface area (Å²) in [6.07, 6.45) is 2.81. The predicted octanol–water partition coefficient (Wildman–Crippen LogP) is 4.49. The molecule has 1 amide bonds. The highest BCUT2D eigenvalue weighted by Crippen LogP contribution is 2.21. The molecule has 0 aliphatic carbocycles. The van der Waals surface area contributed by atoms with Crippen LogP contribution < -0.4 is 4.90 Å². The van der Waals surface area contributed by atoms with E-state index in [1.54, 1.807) is 11.0 Å². The zero-order valence-electron chi connectivity index (χ0n) is 13.5. The number of halogens is 3. The van der Waals surface area contributed by atoms with Crippen molar-refractivity contribution < 1.29 is 9.18 Å². The zero-order chi connectivity index (χ0) is 17.8. The van der Waals surface area contributed by atoms with Gasteiger partial charge in [-0.15, -0.1) is 0 Å². The second-order valence-corrected chi connectivity index (χ2v) is 6.60. The number of hydrogen-bond acceptors (Lipinski definition) is 2. The van der Waals surface area contributed by atoms with E-state index in [4.69, 9.17) is 23.2 Å². The van der Waals surface area contributed by atoms with E-state index in [1.807, 2.05) is 24.3 Å². The Hall–Kier alpha value is -2.04. The number of carbonyl (C=O) groups excluding carboxylic acids is 1. The van der Waals surface area contributed by atoms with Gasteiger partial charge in [-0.2, -0.15) is 0 Å². The third-order valence-corrected chi connectivity index (χ3v) is 4.76. The molecule has 1 saturated heterocycles. The fourth-order valence-electron chi connectivity index (χ4n) is 2.77.